The summed E-state index contributed by atoms with van der Waals surface area (Å²) in [5, 5.41) is 11.1. The van der Waals surface area contributed by atoms with Gasteiger partial charge in [0.25, 0.3) is 0 Å². The molecule has 0 radical (unpaired) electrons. The van der Waals surface area contributed by atoms with E-state index in [0.29, 0.717) is 12.4 Å². The molecule has 0 spiro atoms. The molecule has 2 aromatic carbocycles. The quantitative estimate of drug-likeness (QED) is 0.929. The first-order chi connectivity index (χ1) is 9.75. The second-order valence-electron chi connectivity index (χ2n) is 4.91. The average Bonchev–Trinajstić information content (AvgIpc) is 2.97. The summed E-state index contributed by atoms with van der Waals surface area (Å²) in [5.41, 5.74) is 0.196. The average molecular weight is 272 g/mol. The van der Waals surface area contributed by atoms with Gasteiger partial charge in [-0.05, 0) is 24.3 Å². The fourth-order valence-corrected chi connectivity index (χ4v) is 2.52. The molecule has 4 nitrogen and oxygen atoms in total. The normalized spacial score (nSPS) is 18.3. The minimum atomic E-state index is -0.974. The maximum atomic E-state index is 11.4. The van der Waals surface area contributed by atoms with Crippen LogP contribution in [0.3, 0.4) is 0 Å². The number of carboxylic acids is 1. The molecule has 1 aliphatic rings. The highest BCUT2D eigenvalue weighted by atomic mass is 16.5. The Morgan fingerprint density at radius 2 is 2.15 bits per heavy atom. The van der Waals surface area contributed by atoms with Gasteiger partial charge in [0.05, 0.1) is 6.10 Å². The Morgan fingerprint density at radius 1 is 1.30 bits per heavy atom. The van der Waals surface area contributed by atoms with E-state index in [4.69, 9.17) is 9.47 Å². The third-order valence-electron chi connectivity index (χ3n) is 3.55. The van der Waals surface area contributed by atoms with Crippen molar-refractivity contribution in [3.05, 3.63) is 42.0 Å². The first-order valence-corrected chi connectivity index (χ1v) is 6.75. The lowest BCUT2D eigenvalue weighted by atomic mass is 10.1. The summed E-state index contributed by atoms with van der Waals surface area (Å²) in [6.07, 6.45) is 2.07. The van der Waals surface area contributed by atoms with Crippen LogP contribution in [0.1, 0.15) is 23.2 Å². The molecule has 1 unspecified atom stereocenters. The molecule has 1 heterocycles. The van der Waals surface area contributed by atoms with E-state index in [1.165, 1.54) is 0 Å². The monoisotopic (exact) mass is 272 g/mol. The molecule has 2 aromatic rings. The Balaban J connectivity index is 1.96. The van der Waals surface area contributed by atoms with Crippen LogP contribution in [-0.4, -0.2) is 30.4 Å². The largest absolute Gasteiger partial charge is 0.489 e. The summed E-state index contributed by atoms with van der Waals surface area (Å²) < 4.78 is 11.3. The molecule has 1 N–H and O–H groups in total. The lowest BCUT2D eigenvalue weighted by molar-refractivity contribution is 0.0634. The molecule has 1 atom stereocenters. The van der Waals surface area contributed by atoms with Crippen LogP contribution in [-0.2, 0) is 4.74 Å². The zero-order valence-corrected chi connectivity index (χ0v) is 11.0. The lowest BCUT2D eigenvalue weighted by Crippen LogP contribution is -2.17. The third kappa shape index (κ3) is 2.47. The molecular formula is C16H16O4. The van der Waals surface area contributed by atoms with Gasteiger partial charge in [0, 0.05) is 12.0 Å². The molecule has 0 amide bonds. The minimum Gasteiger partial charge on any atom is -0.489 e. The maximum absolute atomic E-state index is 11.4. The van der Waals surface area contributed by atoms with Crippen molar-refractivity contribution in [1.29, 1.82) is 0 Å². The minimum absolute atomic E-state index is 0.0654. The Labute approximate surface area is 116 Å². The predicted molar refractivity (Wildman–Crippen MR) is 75.4 cm³/mol. The topological polar surface area (TPSA) is 55.8 Å². The van der Waals surface area contributed by atoms with Crippen molar-refractivity contribution in [2.45, 2.75) is 18.9 Å². The Hall–Kier alpha value is -2.07. The van der Waals surface area contributed by atoms with E-state index >= 15 is 0 Å². The fourth-order valence-electron chi connectivity index (χ4n) is 2.52. The van der Waals surface area contributed by atoms with E-state index in [1.54, 1.807) is 12.1 Å². The fraction of sp³-hybridized carbons (Fsp3) is 0.312. The van der Waals surface area contributed by atoms with E-state index in [1.807, 2.05) is 24.3 Å². The van der Waals surface area contributed by atoms with Crippen LogP contribution in [0, 0.1) is 0 Å². The molecule has 104 valence electrons. The van der Waals surface area contributed by atoms with E-state index in [-0.39, 0.29) is 11.7 Å². The summed E-state index contributed by atoms with van der Waals surface area (Å²) in [5.74, 6) is -0.538. The molecule has 1 saturated heterocycles. The van der Waals surface area contributed by atoms with Crippen LogP contribution < -0.4 is 4.74 Å². The van der Waals surface area contributed by atoms with Gasteiger partial charge in [0.2, 0.25) is 0 Å². The molecule has 0 bridgehead atoms. The number of benzene rings is 2. The second-order valence-corrected chi connectivity index (χ2v) is 4.91. The second kappa shape index (κ2) is 5.51. The summed E-state index contributed by atoms with van der Waals surface area (Å²) >= 11 is 0. The van der Waals surface area contributed by atoms with Gasteiger partial charge < -0.3 is 14.6 Å². The van der Waals surface area contributed by atoms with Gasteiger partial charge in [-0.15, -0.1) is 0 Å². The summed E-state index contributed by atoms with van der Waals surface area (Å²) in [6.45, 7) is 1.16. The van der Waals surface area contributed by atoms with Crippen LogP contribution >= 0.6 is 0 Å². The summed E-state index contributed by atoms with van der Waals surface area (Å²) in [7, 11) is 0. The third-order valence-corrected chi connectivity index (χ3v) is 3.55. The smallest absolute Gasteiger partial charge is 0.339 e. The van der Waals surface area contributed by atoms with E-state index in [9.17, 15) is 9.90 Å². The Kier molecular flexibility index (Phi) is 3.56. The number of aromatic carboxylic acids is 1. The molecule has 0 aromatic heterocycles. The highest BCUT2D eigenvalue weighted by molar-refractivity contribution is 6.00. The van der Waals surface area contributed by atoms with Crippen LogP contribution in [0.2, 0.25) is 0 Å². The van der Waals surface area contributed by atoms with Gasteiger partial charge in [0.15, 0.2) is 0 Å². The molecule has 0 aliphatic carbocycles. The molecular weight excluding hydrogens is 256 g/mol. The summed E-state index contributed by atoms with van der Waals surface area (Å²) in [4.78, 5) is 11.4. The number of ether oxygens (including phenoxy) is 2. The van der Waals surface area contributed by atoms with E-state index in [2.05, 4.69) is 0 Å². The van der Waals surface area contributed by atoms with Crippen molar-refractivity contribution in [3.63, 3.8) is 0 Å². The standard InChI is InChI=1S/C16H16O4/c17-16(18)14-8-7-11-4-1-2-6-13(11)15(14)20-10-12-5-3-9-19-12/h1-2,4,6-8,12H,3,5,9-10H2,(H,17,18). The molecule has 3 rings (SSSR count). The van der Waals surface area contributed by atoms with Crippen molar-refractivity contribution in [3.8, 4) is 5.75 Å². The zero-order valence-electron chi connectivity index (χ0n) is 11.0. The van der Waals surface area contributed by atoms with Gasteiger partial charge in [0.1, 0.15) is 17.9 Å². The maximum Gasteiger partial charge on any atom is 0.339 e. The molecule has 20 heavy (non-hydrogen) atoms. The van der Waals surface area contributed by atoms with Crippen molar-refractivity contribution in [2.75, 3.05) is 13.2 Å². The number of carbonyl (C=O) groups is 1. The molecule has 0 saturated carbocycles. The van der Waals surface area contributed by atoms with Crippen LogP contribution in [0.5, 0.6) is 5.75 Å². The van der Waals surface area contributed by atoms with Crippen LogP contribution in [0.15, 0.2) is 36.4 Å². The first kappa shape index (κ1) is 12.9. The summed E-state index contributed by atoms with van der Waals surface area (Å²) in [6, 6.07) is 11.0. The molecule has 1 fully saturated rings. The van der Waals surface area contributed by atoms with Crippen molar-refractivity contribution >= 4 is 16.7 Å². The van der Waals surface area contributed by atoms with Crippen molar-refractivity contribution in [1.82, 2.24) is 0 Å². The van der Waals surface area contributed by atoms with Gasteiger partial charge >= 0.3 is 5.97 Å². The van der Waals surface area contributed by atoms with Gasteiger partial charge in [-0.1, -0.05) is 30.3 Å². The Bertz CT molecular complexity index is 629. The van der Waals surface area contributed by atoms with Crippen molar-refractivity contribution < 1.29 is 19.4 Å². The Morgan fingerprint density at radius 3 is 2.90 bits per heavy atom. The van der Waals surface area contributed by atoms with Gasteiger partial charge in [-0.3, -0.25) is 0 Å². The highest BCUT2D eigenvalue weighted by Gasteiger charge is 2.19. The first-order valence-electron chi connectivity index (χ1n) is 6.75. The highest BCUT2D eigenvalue weighted by Crippen LogP contribution is 2.30. The number of hydrogen-bond donors (Lipinski definition) is 1. The van der Waals surface area contributed by atoms with E-state index < -0.39 is 5.97 Å². The number of rotatable bonds is 4. The SMILES string of the molecule is O=C(O)c1ccc2ccccc2c1OCC1CCCO1. The van der Waals surface area contributed by atoms with Gasteiger partial charge in [-0.2, -0.15) is 0 Å². The van der Waals surface area contributed by atoms with Crippen molar-refractivity contribution in [2.24, 2.45) is 0 Å². The molecule has 1 aliphatic heterocycles. The number of carboxylic acid groups (broad SMARTS) is 1. The molecule has 4 heteroatoms. The lowest BCUT2D eigenvalue weighted by Gasteiger charge is -2.15. The zero-order chi connectivity index (χ0) is 13.9. The predicted octanol–water partition coefficient (Wildman–Crippen LogP) is 3.10. The van der Waals surface area contributed by atoms with Crippen LogP contribution in [0.25, 0.3) is 10.8 Å². The number of hydrogen-bond acceptors (Lipinski definition) is 3. The van der Waals surface area contributed by atoms with Gasteiger partial charge in [-0.25, -0.2) is 4.79 Å². The van der Waals surface area contributed by atoms with E-state index in [0.717, 1.165) is 30.2 Å². The van der Waals surface area contributed by atoms with Crippen LogP contribution in [0.4, 0.5) is 0 Å². The number of fused-ring (bicyclic) bond motifs is 1.